The van der Waals surface area contributed by atoms with Crippen LogP contribution in [-0.2, 0) is 6.61 Å². The fourth-order valence-electron chi connectivity index (χ4n) is 0.908. The van der Waals surface area contributed by atoms with E-state index in [9.17, 15) is 0 Å². The van der Waals surface area contributed by atoms with Gasteiger partial charge >= 0.3 is 0 Å². The number of aliphatic hydroxyl groups excluding tert-OH is 1. The van der Waals surface area contributed by atoms with E-state index >= 15 is 0 Å². The molecule has 0 atom stereocenters. The van der Waals surface area contributed by atoms with Crippen LogP contribution in [0.1, 0.15) is 12.5 Å². The minimum absolute atomic E-state index is 0.0426. The Bertz CT molecular complexity index is 284. The lowest BCUT2D eigenvalue weighted by Crippen LogP contribution is -1.97. The molecular weight excluding hydrogens is 166 g/mol. The number of aromatic nitrogens is 1. The topological polar surface area (TPSA) is 42.4 Å². The Morgan fingerprint density at radius 2 is 2.46 bits per heavy atom. The summed E-state index contributed by atoms with van der Waals surface area (Å²) in [6, 6.07) is 1.75. The SMILES string of the molecule is C/C=C/COc1ccncc1CO. The monoisotopic (exact) mass is 179 g/mol. The highest BCUT2D eigenvalue weighted by atomic mass is 16.5. The van der Waals surface area contributed by atoms with Gasteiger partial charge in [0.1, 0.15) is 12.4 Å². The summed E-state index contributed by atoms with van der Waals surface area (Å²) in [6.45, 7) is 2.41. The Hall–Kier alpha value is -1.35. The van der Waals surface area contributed by atoms with Gasteiger partial charge in [0.2, 0.25) is 0 Å². The van der Waals surface area contributed by atoms with Crippen LogP contribution in [0.3, 0.4) is 0 Å². The quantitative estimate of drug-likeness (QED) is 0.713. The number of rotatable bonds is 4. The first-order chi connectivity index (χ1) is 6.38. The maximum Gasteiger partial charge on any atom is 0.128 e. The number of hydrogen-bond acceptors (Lipinski definition) is 3. The van der Waals surface area contributed by atoms with Crippen molar-refractivity contribution in [3.8, 4) is 5.75 Å². The third-order valence-electron chi connectivity index (χ3n) is 1.60. The van der Waals surface area contributed by atoms with Gasteiger partial charge in [-0.1, -0.05) is 12.2 Å². The lowest BCUT2D eigenvalue weighted by Gasteiger charge is -2.06. The number of hydrogen-bond donors (Lipinski definition) is 1. The zero-order valence-corrected chi connectivity index (χ0v) is 7.60. The lowest BCUT2D eigenvalue weighted by molar-refractivity contribution is 0.269. The minimum Gasteiger partial charge on any atom is -0.489 e. The van der Waals surface area contributed by atoms with Gasteiger partial charge in [-0.3, -0.25) is 4.98 Å². The van der Waals surface area contributed by atoms with Gasteiger partial charge in [-0.15, -0.1) is 0 Å². The number of nitrogens with zero attached hydrogens (tertiary/aromatic N) is 1. The number of ether oxygens (including phenoxy) is 1. The van der Waals surface area contributed by atoms with Crippen LogP contribution >= 0.6 is 0 Å². The van der Waals surface area contributed by atoms with Crippen molar-refractivity contribution in [1.29, 1.82) is 0 Å². The lowest BCUT2D eigenvalue weighted by atomic mass is 10.3. The second-order valence-electron chi connectivity index (χ2n) is 2.52. The Kier molecular flexibility index (Phi) is 3.99. The molecule has 3 nitrogen and oxygen atoms in total. The molecule has 0 bridgehead atoms. The van der Waals surface area contributed by atoms with E-state index in [-0.39, 0.29) is 6.61 Å². The summed E-state index contributed by atoms with van der Waals surface area (Å²) in [5.74, 6) is 0.690. The van der Waals surface area contributed by atoms with Crippen molar-refractivity contribution in [1.82, 2.24) is 4.98 Å². The van der Waals surface area contributed by atoms with Crippen molar-refractivity contribution < 1.29 is 9.84 Å². The average molecular weight is 179 g/mol. The van der Waals surface area contributed by atoms with E-state index < -0.39 is 0 Å². The molecule has 1 heterocycles. The normalized spacial score (nSPS) is 10.6. The molecule has 0 radical (unpaired) electrons. The highest BCUT2D eigenvalue weighted by Crippen LogP contribution is 2.15. The third-order valence-corrected chi connectivity index (χ3v) is 1.60. The smallest absolute Gasteiger partial charge is 0.128 e. The van der Waals surface area contributed by atoms with E-state index in [0.717, 1.165) is 0 Å². The van der Waals surface area contributed by atoms with Crippen molar-refractivity contribution in [2.75, 3.05) is 6.61 Å². The summed E-state index contributed by atoms with van der Waals surface area (Å²) in [7, 11) is 0. The molecule has 0 aliphatic heterocycles. The molecule has 1 aromatic rings. The van der Waals surface area contributed by atoms with Crippen molar-refractivity contribution >= 4 is 0 Å². The van der Waals surface area contributed by atoms with Gasteiger partial charge in [0.15, 0.2) is 0 Å². The molecule has 0 aliphatic carbocycles. The van der Waals surface area contributed by atoms with Crippen LogP contribution in [0.15, 0.2) is 30.6 Å². The maximum absolute atomic E-state index is 8.94. The largest absolute Gasteiger partial charge is 0.489 e. The summed E-state index contributed by atoms with van der Waals surface area (Å²) in [5, 5.41) is 8.94. The van der Waals surface area contributed by atoms with E-state index in [0.29, 0.717) is 17.9 Å². The molecular formula is C10H13NO2. The molecule has 0 aliphatic rings. The average Bonchev–Trinajstić information content (AvgIpc) is 2.19. The summed E-state index contributed by atoms with van der Waals surface area (Å²) in [5.41, 5.74) is 0.715. The van der Waals surface area contributed by atoms with E-state index in [1.165, 1.54) is 0 Å². The zero-order valence-electron chi connectivity index (χ0n) is 7.60. The zero-order chi connectivity index (χ0) is 9.52. The molecule has 70 valence electrons. The van der Waals surface area contributed by atoms with Crippen LogP contribution < -0.4 is 4.74 Å². The van der Waals surface area contributed by atoms with Crippen molar-refractivity contribution in [3.63, 3.8) is 0 Å². The minimum atomic E-state index is -0.0426. The van der Waals surface area contributed by atoms with Gasteiger partial charge in [-0.2, -0.15) is 0 Å². The Balaban J connectivity index is 2.64. The highest BCUT2D eigenvalue weighted by molar-refractivity contribution is 5.29. The molecule has 0 unspecified atom stereocenters. The molecule has 13 heavy (non-hydrogen) atoms. The molecule has 1 aromatic heterocycles. The number of pyridine rings is 1. The molecule has 1 rings (SSSR count). The van der Waals surface area contributed by atoms with Crippen LogP contribution in [-0.4, -0.2) is 16.7 Å². The van der Waals surface area contributed by atoms with E-state index in [2.05, 4.69) is 4.98 Å². The van der Waals surface area contributed by atoms with E-state index in [4.69, 9.17) is 9.84 Å². The highest BCUT2D eigenvalue weighted by Gasteiger charge is 1.99. The Labute approximate surface area is 77.7 Å². The summed E-state index contributed by atoms with van der Waals surface area (Å²) < 4.78 is 5.38. The Morgan fingerprint density at radius 1 is 1.62 bits per heavy atom. The molecule has 3 heteroatoms. The molecule has 0 fully saturated rings. The molecule has 0 aromatic carbocycles. The van der Waals surface area contributed by atoms with E-state index in [1.54, 1.807) is 18.5 Å². The summed E-state index contributed by atoms with van der Waals surface area (Å²) in [4.78, 5) is 3.89. The van der Waals surface area contributed by atoms with Crippen LogP contribution in [0.25, 0.3) is 0 Å². The molecule has 0 spiro atoms. The van der Waals surface area contributed by atoms with Crippen LogP contribution in [0.2, 0.25) is 0 Å². The molecule has 1 N–H and O–H groups in total. The fourth-order valence-corrected chi connectivity index (χ4v) is 0.908. The fraction of sp³-hybridized carbons (Fsp3) is 0.300. The Morgan fingerprint density at radius 3 is 3.15 bits per heavy atom. The molecule has 0 amide bonds. The first-order valence-electron chi connectivity index (χ1n) is 4.16. The van der Waals surface area contributed by atoms with Gasteiger partial charge in [-0.05, 0) is 13.0 Å². The first-order valence-corrected chi connectivity index (χ1v) is 4.16. The van der Waals surface area contributed by atoms with Crippen LogP contribution in [0.5, 0.6) is 5.75 Å². The second kappa shape index (κ2) is 5.32. The molecule has 0 saturated heterocycles. The number of aliphatic hydroxyl groups is 1. The van der Waals surface area contributed by atoms with Crippen LogP contribution in [0.4, 0.5) is 0 Å². The third kappa shape index (κ3) is 2.87. The first kappa shape index (κ1) is 9.74. The number of allylic oxidation sites excluding steroid dienone is 1. The predicted molar refractivity (Wildman–Crippen MR) is 50.5 cm³/mol. The van der Waals surface area contributed by atoms with Crippen molar-refractivity contribution in [3.05, 3.63) is 36.2 Å². The summed E-state index contributed by atoms with van der Waals surface area (Å²) >= 11 is 0. The van der Waals surface area contributed by atoms with E-state index in [1.807, 2.05) is 19.1 Å². The predicted octanol–water partition coefficient (Wildman–Crippen LogP) is 1.53. The molecule has 0 saturated carbocycles. The van der Waals surface area contributed by atoms with Crippen molar-refractivity contribution in [2.24, 2.45) is 0 Å². The van der Waals surface area contributed by atoms with Gasteiger partial charge in [0.05, 0.1) is 6.61 Å². The second-order valence-corrected chi connectivity index (χ2v) is 2.52. The van der Waals surface area contributed by atoms with Gasteiger partial charge in [-0.25, -0.2) is 0 Å². The van der Waals surface area contributed by atoms with Gasteiger partial charge < -0.3 is 9.84 Å². The van der Waals surface area contributed by atoms with Gasteiger partial charge in [0, 0.05) is 18.0 Å². The van der Waals surface area contributed by atoms with Crippen LogP contribution in [0, 0.1) is 0 Å². The van der Waals surface area contributed by atoms with Gasteiger partial charge in [0.25, 0.3) is 0 Å². The standard InChI is InChI=1S/C10H13NO2/c1-2-3-6-13-10-4-5-11-7-9(10)8-12/h2-5,7,12H,6,8H2,1H3/b3-2+. The van der Waals surface area contributed by atoms with Crippen molar-refractivity contribution in [2.45, 2.75) is 13.5 Å². The maximum atomic E-state index is 8.94. The summed E-state index contributed by atoms with van der Waals surface area (Å²) in [6.07, 6.45) is 7.07.